The van der Waals surface area contributed by atoms with Gasteiger partial charge in [-0.25, -0.2) is 4.99 Å². The molecule has 0 amide bonds. The van der Waals surface area contributed by atoms with Gasteiger partial charge in [0.05, 0.1) is 16.4 Å². The van der Waals surface area contributed by atoms with E-state index in [1.165, 1.54) is 48.9 Å². The van der Waals surface area contributed by atoms with Gasteiger partial charge < -0.3 is 4.74 Å². The molecule has 1 spiro atoms. The Bertz CT molecular complexity index is 2950. The van der Waals surface area contributed by atoms with Crippen molar-refractivity contribution in [2.75, 3.05) is 0 Å². The summed E-state index contributed by atoms with van der Waals surface area (Å²) in [6.45, 7) is 2.32. The molecule has 1 aliphatic carbocycles. The second-order valence-electron chi connectivity index (χ2n) is 14.9. The van der Waals surface area contributed by atoms with Crippen LogP contribution in [-0.2, 0) is 11.0 Å². The summed E-state index contributed by atoms with van der Waals surface area (Å²) in [4.78, 5) is 12.6. The van der Waals surface area contributed by atoms with Gasteiger partial charge >= 0.3 is 0 Å². The monoisotopic (exact) mass is 708 g/mol. The summed E-state index contributed by atoms with van der Waals surface area (Å²) in [5.41, 5.74) is 10.7. The van der Waals surface area contributed by atoms with Crippen LogP contribution in [-0.4, -0.2) is 16.8 Å². The van der Waals surface area contributed by atoms with Crippen LogP contribution >= 0.6 is 11.8 Å². The molecular weight excluding hydrogens is 677 g/mol. The highest BCUT2D eigenvalue weighted by Crippen LogP contribution is 2.63. The predicted octanol–water partition coefficient (Wildman–Crippen LogP) is 12.1. The SMILES string of the molecule is C[C@@]1(c2ccc3c(c2)C2(c4ccccc4O3)c3ccccc3-c3ccccc32)N=C(c2cc3ccccc3c3ccccc23)N=C2c3ccccc3SC21. The number of fused-ring (bicyclic) bond motifs is 15. The minimum atomic E-state index is -0.659. The molecule has 4 aliphatic rings. The highest BCUT2D eigenvalue weighted by molar-refractivity contribution is 8.01. The Morgan fingerprint density at radius 2 is 1.13 bits per heavy atom. The van der Waals surface area contributed by atoms with Gasteiger partial charge in [0.15, 0.2) is 5.84 Å². The van der Waals surface area contributed by atoms with Crippen molar-refractivity contribution in [1.29, 1.82) is 0 Å². The molecule has 1 unspecified atom stereocenters. The molecule has 254 valence electrons. The second-order valence-corrected chi connectivity index (χ2v) is 16.1. The molecular formula is C50H32N2OS. The Morgan fingerprint density at radius 3 is 1.93 bits per heavy atom. The van der Waals surface area contributed by atoms with Gasteiger partial charge in [-0.15, -0.1) is 11.8 Å². The molecule has 54 heavy (non-hydrogen) atoms. The summed E-state index contributed by atoms with van der Waals surface area (Å²) in [5.74, 6) is 2.55. The molecule has 0 radical (unpaired) electrons. The van der Waals surface area contributed by atoms with Crippen molar-refractivity contribution in [3.8, 4) is 22.6 Å². The first kappa shape index (κ1) is 30.3. The van der Waals surface area contributed by atoms with Gasteiger partial charge in [-0.1, -0.05) is 140 Å². The van der Waals surface area contributed by atoms with E-state index in [-0.39, 0.29) is 5.25 Å². The second kappa shape index (κ2) is 10.9. The lowest BCUT2D eigenvalue weighted by molar-refractivity contribution is 0.434. The van der Waals surface area contributed by atoms with Gasteiger partial charge in [0.1, 0.15) is 17.0 Å². The fraction of sp³-hybridized carbons (Fsp3) is 0.0800. The molecule has 8 aromatic rings. The van der Waals surface area contributed by atoms with Gasteiger partial charge in [-0.2, -0.15) is 0 Å². The van der Waals surface area contributed by atoms with Gasteiger partial charge in [0, 0.05) is 27.1 Å². The smallest absolute Gasteiger partial charge is 0.156 e. The standard InChI is InChI=1S/C50H32N2OS/c1-49(31-26-27-44-42(29-31)50(41-23-11-12-24-43(41)53-44)39-21-9-6-18-35(39)36-19-7-10-22-40(36)50)47-46(37-20-8-13-25-45(37)54-47)51-48(52-49)38-28-30-14-2-3-15-32(30)33-16-4-5-17-34(33)38/h2-29,47H,1H3/t47?,49-/m0/s1. The van der Waals surface area contributed by atoms with Gasteiger partial charge in [0.2, 0.25) is 0 Å². The molecule has 3 nitrogen and oxygen atoms in total. The molecule has 0 saturated carbocycles. The van der Waals surface area contributed by atoms with Crippen LogP contribution in [0.1, 0.15) is 45.9 Å². The lowest BCUT2D eigenvalue weighted by Gasteiger charge is -2.41. The number of nitrogens with zero attached hydrogens (tertiary/aromatic N) is 2. The third-order valence-corrected chi connectivity index (χ3v) is 13.7. The summed E-state index contributed by atoms with van der Waals surface area (Å²) in [5, 5.41) is 4.78. The van der Waals surface area contributed by atoms with Crippen molar-refractivity contribution in [1.82, 2.24) is 0 Å². The first-order valence-electron chi connectivity index (χ1n) is 18.6. The fourth-order valence-electron chi connectivity index (χ4n) is 9.77. The molecule has 0 aromatic heterocycles. The van der Waals surface area contributed by atoms with Crippen molar-refractivity contribution >= 4 is 44.9 Å². The largest absolute Gasteiger partial charge is 0.457 e. The zero-order valence-electron chi connectivity index (χ0n) is 29.5. The lowest BCUT2D eigenvalue weighted by Crippen LogP contribution is -2.41. The molecule has 3 aliphatic heterocycles. The highest BCUT2D eigenvalue weighted by Gasteiger charge is 2.53. The Morgan fingerprint density at radius 1 is 0.519 bits per heavy atom. The Hall–Kier alpha value is -6.23. The van der Waals surface area contributed by atoms with Crippen LogP contribution in [0, 0.1) is 0 Å². The van der Waals surface area contributed by atoms with E-state index in [1.807, 2.05) is 11.8 Å². The normalized spacial score (nSPS) is 19.5. The van der Waals surface area contributed by atoms with E-state index in [1.54, 1.807) is 0 Å². The van der Waals surface area contributed by atoms with Crippen molar-refractivity contribution in [2.24, 2.45) is 9.98 Å². The number of hydrogen-bond acceptors (Lipinski definition) is 4. The maximum Gasteiger partial charge on any atom is 0.156 e. The average Bonchev–Trinajstić information content (AvgIpc) is 3.75. The number of para-hydroxylation sites is 1. The first-order valence-corrected chi connectivity index (χ1v) is 19.5. The van der Waals surface area contributed by atoms with Crippen LogP contribution in [0.3, 0.4) is 0 Å². The number of aliphatic imine (C=N–C) groups is 2. The van der Waals surface area contributed by atoms with Crippen LogP contribution in [0.4, 0.5) is 0 Å². The van der Waals surface area contributed by atoms with Crippen molar-refractivity contribution in [3.05, 3.63) is 209 Å². The number of rotatable bonds is 2. The number of ether oxygens (including phenoxy) is 1. The number of thioether (sulfide) groups is 1. The Kier molecular flexibility index (Phi) is 6.11. The number of hydrogen-bond donors (Lipinski definition) is 0. The summed E-state index contributed by atoms with van der Waals surface area (Å²) >= 11 is 1.88. The maximum absolute atomic E-state index is 6.82. The topological polar surface area (TPSA) is 34.0 Å². The average molecular weight is 709 g/mol. The quantitative estimate of drug-likeness (QED) is 0.168. The zero-order valence-corrected chi connectivity index (χ0v) is 30.3. The van der Waals surface area contributed by atoms with Crippen molar-refractivity contribution in [3.63, 3.8) is 0 Å². The Labute approximate surface area is 317 Å². The third-order valence-electron chi connectivity index (χ3n) is 12.2. The molecule has 0 saturated heterocycles. The minimum absolute atomic E-state index is 0.0145. The Balaban J connectivity index is 1.14. The summed E-state index contributed by atoms with van der Waals surface area (Å²) in [7, 11) is 0. The summed E-state index contributed by atoms with van der Waals surface area (Å²) in [6, 6.07) is 61.6. The molecule has 8 aromatic carbocycles. The van der Waals surface area contributed by atoms with E-state index >= 15 is 0 Å². The van der Waals surface area contributed by atoms with Crippen LogP contribution in [0.15, 0.2) is 185 Å². The minimum Gasteiger partial charge on any atom is -0.457 e. The van der Waals surface area contributed by atoms with E-state index in [2.05, 4.69) is 177 Å². The van der Waals surface area contributed by atoms with Gasteiger partial charge in [-0.3, -0.25) is 4.99 Å². The molecule has 3 heterocycles. The molecule has 0 bridgehead atoms. The van der Waals surface area contributed by atoms with Crippen LogP contribution in [0.25, 0.3) is 32.7 Å². The highest BCUT2D eigenvalue weighted by atomic mass is 32.2. The molecule has 0 N–H and O–H groups in total. The molecule has 0 fully saturated rings. The predicted molar refractivity (Wildman–Crippen MR) is 222 cm³/mol. The summed E-state index contributed by atoms with van der Waals surface area (Å²) < 4.78 is 6.82. The van der Waals surface area contributed by atoms with E-state index in [0.29, 0.717) is 0 Å². The summed E-state index contributed by atoms with van der Waals surface area (Å²) in [6.07, 6.45) is 0. The van der Waals surface area contributed by atoms with Crippen LogP contribution < -0.4 is 4.74 Å². The number of benzene rings is 8. The van der Waals surface area contributed by atoms with Gasteiger partial charge in [0.25, 0.3) is 0 Å². The van der Waals surface area contributed by atoms with E-state index < -0.39 is 11.0 Å². The van der Waals surface area contributed by atoms with Crippen LogP contribution in [0.2, 0.25) is 0 Å². The molecule has 12 rings (SSSR count). The fourth-order valence-corrected chi connectivity index (χ4v) is 11.2. The maximum atomic E-state index is 6.82. The number of amidine groups is 1. The zero-order chi connectivity index (χ0) is 35.6. The van der Waals surface area contributed by atoms with E-state index in [4.69, 9.17) is 14.7 Å². The molecule has 4 heteroatoms. The molecule has 2 atom stereocenters. The van der Waals surface area contributed by atoms with Crippen molar-refractivity contribution < 1.29 is 4.74 Å². The first-order chi connectivity index (χ1) is 26.6. The van der Waals surface area contributed by atoms with E-state index in [9.17, 15) is 0 Å². The van der Waals surface area contributed by atoms with E-state index in [0.717, 1.165) is 50.7 Å². The van der Waals surface area contributed by atoms with Crippen molar-refractivity contribution in [2.45, 2.75) is 28.0 Å². The lowest BCUT2D eigenvalue weighted by atomic mass is 9.65. The van der Waals surface area contributed by atoms with Crippen LogP contribution in [0.5, 0.6) is 11.5 Å². The third kappa shape index (κ3) is 3.88. The van der Waals surface area contributed by atoms with Gasteiger partial charge in [-0.05, 0) is 86.6 Å².